The fraction of sp³-hybridized carbons (Fsp3) is 0.310. The first kappa shape index (κ1) is 31.9. The van der Waals surface area contributed by atoms with Crippen LogP contribution in [-0.4, -0.2) is 66.8 Å². The molecule has 0 radical (unpaired) electrons. The van der Waals surface area contributed by atoms with Crippen LogP contribution in [0.15, 0.2) is 65.6 Å². The highest BCUT2D eigenvalue weighted by Gasteiger charge is 2.38. The van der Waals surface area contributed by atoms with E-state index in [2.05, 4.69) is 20.6 Å². The van der Waals surface area contributed by atoms with Gasteiger partial charge in [-0.25, -0.2) is 19.4 Å². The molecular formula is C29H31F3N8O4. The van der Waals surface area contributed by atoms with Crippen LogP contribution in [0.25, 0.3) is 33.8 Å². The molecule has 5 rings (SSSR count). The summed E-state index contributed by atoms with van der Waals surface area (Å²) in [5.41, 5.74) is 10.8. The zero-order valence-electron chi connectivity index (χ0n) is 23.8. The monoisotopic (exact) mass is 612 g/mol. The molecule has 0 bridgehead atoms. The van der Waals surface area contributed by atoms with Gasteiger partial charge in [-0.15, -0.1) is 0 Å². The van der Waals surface area contributed by atoms with Gasteiger partial charge in [-0.2, -0.15) is 13.2 Å². The van der Waals surface area contributed by atoms with E-state index >= 15 is 0 Å². The number of ether oxygens (including phenoxy) is 1. The maximum absolute atomic E-state index is 10.6. The number of nitrogens with one attached hydrogen (secondary N) is 1. The first-order valence-corrected chi connectivity index (χ1v) is 13.8. The van der Waals surface area contributed by atoms with Gasteiger partial charge in [0.05, 0.1) is 18.5 Å². The van der Waals surface area contributed by atoms with Gasteiger partial charge >= 0.3 is 12.1 Å². The molecule has 0 fully saturated rings. The molecule has 12 nitrogen and oxygen atoms in total. The van der Waals surface area contributed by atoms with Crippen LogP contribution >= 0.6 is 0 Å². The zero-order chi connectivity index (χ0) is 31.5. The Morgan fingerprint density at radius 2 is 1.80 bits per heavy atom. The van der Waals surface area contributed by atoms with Crippen LogP contribution in [0.1, 0.15) is 25.5 Å². The maximum atomic E-state index is 10.6. The second-order valence-electron chi connectivity index (χ2n) is 9.39. The molecular weight excluding hydrogens is 581 g/mol. The van der Waals surface area contributed by atoms with E-state index < -0.39 is 12.1 Å². The van der Waals surface area contributed by atoms with Crippen molar-refractivity contribution in [2.75, 3.05) is 25.4 Å². The van der Waals surface area contributed by atoms with Crippen LogP contribution < -0.4 is 15.8 Å². The second kappa shape index (κ2) is 14.9. The number of carbonyl (C=O) groups is 1. The lowest BCUT2D eigenvalue weighted by Crippen LogP contribution is -2.21. The molecule has 1 aromatic carbocycles. The van der Waals surface area contributed by atoms with Crippen molar-refractivity contribution < 1.29 is 32.4 Å². The van der Waals surface area contributed by atoms with Crippen LogP contribution in [-0.2, 0) is 17.8 Å². The summed E-state index contributed by atoms with van der Waals surface area (Å²) in [6, 6.07) is 16.0. The summed E-state index contributed by atoms with van der Waals surface area (Å²) in [4.78, 5) is 22.9. The number of nitrogens with zero attached hydrogens (tertiary/aromatic N) is 6. The number of halogens is 3. The molecule has 4 N–H and O–H groups in total. The van der Waals surface area contributed by atoms with Gasteiger partial charge < -0.3 is 25.5 Å². The number of pyridine rings is 2. The van der Waals surface area contributed by atoms with Crippen LogP contribution in [0.4, 0.5) is 19.0 Å². The first-order chi connectivity index (χ1) is 21.2. The largest absolute Gasteiger partial charge is 0.490 e. The number of nitrogen functional groups attached to an aromatic ring is 1. The van der Waals surface area contributed by atoms with Crippen molar-refractivity contribution in [2.24, 2.45) is 0 Å². The number of hydrogen-bond acceptors (Lipinski definition) is 10. The molecule has 0 unspecified atom stereocenters. The number of aryl methyl sites for hydroxylation is 1. The summed E-state index contributed by atoms with van der Waals surface area (Å²) >= 11 is 0. The number of unbranched alkanes of at least 4 members (excludes halogenated alkanes) is 1. The molecule has 0 saturated carbocycles. The Kier molecular flexibility index (Phi) is 10.8. The summed E-state index contributed by atoms with van der Waals surface area (Å²) in [6.45, 7) is 5.07. The Hall–Kier alpha value is -5.05. The number of carboxylic acids is 1. The van der Waals surface area contributed by atoms with Crippen LogP contribution in [0.3, 0.4) is 0 Å². The smallest absolute Gasteiger partial charge is 0.490 e. The van der Waals surface area contributed by atoms with Crippen molar-refractivity contribution >= 4 is 22.8 Å². The number of carboxylic acid groups (broad SMARTS) is 1. The van der Waals surface area contributed by atoms with Crippen molar-refractivity contribution in [1.29, 1.82) is 0 Å². The second-order valence-corrected chi connectivity index (χ2v) is 9.39. The molecule has 0 aliphatic carbocycles. The van der Waals surface area contributed by atoms with Gasteiger partial charge in [-0.1, -0.05) is 36.4 Å². The quantitative estimate of drug-likeness (QED) is 0.166. The Labute approximate surface area is 250 Å². The Morgan fingerprint density at radius 1 is 1.05 bits per heavy atom. The lowest BCUT2D eigenvalue weighted by Gasteiger charge is -2.12. The summed E-state index contributed by atoms with van der Waals surface area (Å²) in [5, 5.41) is 18.3. The highest BCUT2D eigenvalue weighted by molar-refractivity contribution is 5.95. The maximum Gasteiger partial charge on any atom is 0.490 e. The SMILES string of the molecule is CCn1c(-c2nonc2N)nc2c(-c3ccccc3)ncc(OCCCCNCCc3ccccn3)c21.O=C(O)C(F)(F)F. The van der Waals surface area contributed by atoms with Crippen LogP contribution in [0, 0.1) is 0 Å². The standard InChI is InChI=1S/C27H30N8O2.C2HF3O2/c1-2-35-25-21(36-17-9-8-14-29-16-13-20-12-6-7-15-30-20)18-31-22(19-10-4-3-5-11-19)23(25)32-27(35)24-26(28)34-37-33-24;3-2(4,5)1(6)7/h3-7,10-12,15,18,29H,2,8-9,13-14,16-17H2,1H3,(H2,28,34);(H,6,7). The van der Waals surface area contributed by atoms with E-state index in [0.29, 0.717) is 30.4 Å². The number of anilines is 1. The minimum Gasteiger partial charge on any atom is -0.490 e. The Bertz CT molecular complexity index is 1640. The molecule has 0 aliphatic heterocycles. The molecule has 0 amide bonds. The number of fused-ring (bicyclic) bond motifs is 1. The first-order valence-electron chi connectivity index (χ1n) is 13.8. The van der Waals surface area contributed by atoms with Crippen molar-refractivity contribution in [3.05, 3.63) is 66.6 Å². The van der Waals surface area contributed by atoms with Gasteiger partial charge in [-0.05, 0) is 48.8 Å². The molecule has 0 saturated heterocycles. The van der Waals surface area contributed by atoms with Crippen molar-refractivity contribution in [2.45, 2.75) is 38.9 Å². The van der Waals surface area contributed by atoms with E-state index in [1.807, 2.05) is 66.2 Å². The molecule has 4 aromatic heterocycles. The van der Waals surface area contributed by atoms with E-state index in [1.54, 1.807) is 6.20 Å². The predicted octanol–water partition coefficient (Wildman–Crippen LogP) is 4.77. The van der Waals surface area contributed by atoms with Crippen molar-refractivity contribution in [1.82, 2.24) is 35.1 Å². The van der Waals surface area contributed by atoms with Gasteiger partial charge in [0.2, 0.25) is 0 Å². The third-order valence-corrected chi connectivity index (χ3v) is 6.36. The fourth-order valence-corrected chi connectivity index (χ4v) is 4.29. The number of aliphatic carboxylic acids is 1. The topological polar surface area (TPSA) is 167 Å². The van der Waals surface area contributed by atoms with Crippen molar-refractivity contribution in [3.8, 4) is 28.5 Å². The number of hydrogen-bond donors (Lipinski definition) is 3. The molecule has 0 atom stereocenters. The molecule has 5 aromatic rings. The number of nitrogens with two attached hydrogens (primary N) is 1. The fourth-order valence-electron chi connectivity index (χ4n) is 4.29. The Morgan fingerprint density at radius 3 is 2.43 bits per heavy atom. The molecule has 44 heavy (non-hydrogen) atoms. The number of rotatable bonds is 12. The van der Waals surface area contributed by atoms with Crippen molar-refractivity contribution in [3.63, 3.8) is 0 Å². The van der Waals surface area contributed by atoms with E-state index in [-0.39, 0.29) is 5.82 Å². The van der Waals surface area contributed by atoms with E-state index in [0.717, 1.165) is 60.3 Å². The molecule has 0 aliphatic rings. The minimum absolute atomic E-state index is 0.192. The number of aromatic nitrogens is 6. The summed E-state index contributed by atoms with van der Waals surface area (Å²) in [7, 11) is 0. The average molecular weight is 613 g/mol. The van der Waals surface area contributed by atoms with Gasteiger partial charge in [-0.3, -0.25) is 4.98 Å². The normalized spacial score (nSPS) is 11.3. The third kappa shape index (κ3) is 8.06. The summed E-state index contributed by atoms with van der Waals surface area (Å²) < 4.78 is 44.8. The van der Waals surface area contributed by atoms with Gasteiger partial charge in [0.1, 0.15) is 11.0 Å². The highest BCUT2D eigenvalue weighted by atomic mass is 19.4. The third-order valence-electron chi connectivity index (χ3n) is 6.36. The lowest BCUT2D eigenvalue weighted by atomic mass is 10.1. The van der Waals surface area contributed by atoms with Crippen LogP contribution in [0.5, 0.6) is 5.75 Å². The number of alkyl halides is 3. The van der Waals surface area contributed by atoms with Gasteiger partial charge in [0.15, 0.2) is 23.1 Å². The minimum atomic E-state index is -5.08. The van der Waals surface area contributed by atoms with E-state index in [4.69, 9.17) is 35.0 Å². The zero-order valence-corrected chi connectivity index (χ0v) is 23.8. The molecule has 232 valence electrons. The molecule has 0 spiro atoms. The van der Waals surface area contributed by atoms with E-state index in [9.17, 15) is 13.2 Å². The van der Waals surface area contributed by atoms with E-state index in [1.165, 1.54) is 0 Å². The average Bonchev–Trinajstić information content (AvgIpc) is 3.62. The summed E-state index contributed by atoms with van der Waals surface area (Å²) in [6.07, 6.45) is 1.35. The number of benzene rings is 1. The predicted molar refractivity (Wildman–Crippen MR) is 156 cm³/mol. The highest BCUT2D eigenvalue weighted by Crippen LogP contribution is 2.36. The van der Waals surface area contributed by atoms with Gasteiger partial charge in [0, 0.05) is 37.0 Å². The van der Waals surface area contributed by atoms with Gasteiger partial charge in [0.25, 0.3) is 0 Å². The van der Waals surface area contributed by atoms with Crippen LogP contribution in [0.2, 0.25) is 0 Å². The Balaban J connectivity index is 0.000000566. The summed E-state index contributed by atoms with van der Waals surface area (Å²) in [5.74, 6) is -1.32. The molecule has 4 heterocycles. The molecule has 15 heteroatoms. The lowest BCUT2D eigenvalue weighted by molar-refractivity contribution is -0.192. The number of imidazole rings is 1.